The largest absolute Gasteiger partial charge is 0.492 e. The maximum Gasteiger partial charge on any atom is 0.235 e. The molecule has 2 aliphatic rings. The van der Waals surface area contributed by atoms with Gasteiger partial charge in [-0.1, -0.05) is 30.3 Å². The number of nitrogens with one attached hydrogen (secondary N) is 1. The molecule has 0 bridgehead atoms. The lowest BCUT2D eigenvalue weighted by atomic mass is 9.96. The summed E-state index contributed by atoms with van der Waals surface area (Å²) in [5.74, 6) is 0.578. The Hall–Kier alpha value is -3.82. The minimum atomic E-state index is -0.519. The zero-order valence-corrected chi connectivity index (χ0v) is 21.0. The van der Waals surface area contributed by atoms with Crippen molar-refractivity contribution >= 4 is 11.6 Å². The standard InChI is InChI=1S/C28H32N4O5/c1-31-25(9-10-29-31)23-18-22(7-8-26(23)36-16-13-32-11-14-34-15-12-32)30-28(33)24(27-19-35-20-37-27)17-21-5-3-2-4-6-21/h2-10,18-19,24H,11-17,20H2,1H3,(H,30,33). The number of benzene rings is 2. The number of rotatable bonds is 10. The van der Waals surface area contributed by atoms with Crippen LogP contribution >= 0.6 is 0 Å². The molecule has 0 saturated carbocycles. The van der Waals surface area contributed by atoms with E-state index in [2.05, 4.69) is 15.3 Å². The summed E-state index contributed by atoms with van der Waals surface area (Å²) in [5, 5.41) is 7.39. The number of morpholine rings is 1. The third-order valence-corrected chi connectivity index (χ3v) is 6.55. The van der Waals surface area contributed by atoms with E-state index in [1.165, 1.54) is 6.26 Å². The highest BCUT2D eigenvalue weighted by Crippen LogP contribution is 2.33. The van der Waals surface area contributed by atoms with Crippen LogP contribution in [0.4, 0.5) is 5.69 Å². The first-order valence-corrected chi connectivity index (χ1v) is 12.5. The molecule has 1 atom stereocenters. The molecule has 1 aromatic heterocycles. The van der Waals surface area contributed by atoms with Crippen molar-refractivity contribution in [3.8, 4) is 17.0 Å². The van der Waals surface area contributed by atoms with E-state index >= 15 is 0 Å². The van der Waals surface area contributed by atoms with Gasteiger partial charge in [0.2, 0.25) is 12.7 Å². The van der Waals surface area contributed by atoms with Crippen LogP contribution in [0.5, 0.6) is 5.75 Å². The predicted octanol–water partition coefficient (Wildman–Crippen LogP) is 3.44. The van der Waals surface area contributed by atoms with Crippen LogP contribution < -0.4 is 10.1 Å². The molecule has 1 unspecified atom stereocenters. The van der Waals surface area contributed by atoms with E-state index in [9.17, 15) is 4.79 Å². The molecule has 3 heterocycles. The van der Waals surface area contributed by atoms with Crippen LogP contribution in [0.25, 0.3) is 11.3 Å². The number of carbonyl (C=O) groups is 1. The molecule has 37 heavy (non-hydrogen) atoms. The van der Waals surface area contributed by atoms with Crippen molar-refractivity contribution in [1.82, 2.24) is 14.7 Å². The lowest BCUT2D eigenvalue weighted by Gasteiger charge is -2.26. The molecule has 1 N–H and O–H groups in total. The lowest BCUT2D eigenvalue weighted by Crippen LogP contribution is -2.38. The first-order chi connectivity index (χ1) is 18.2. The number of anilines is 1. The van der Waals surface area contributed by atoms with Crippen LogP contribution in [0.15, 0.2) is 72.8 Å². The third-order valence-electron chi connectivity index (χ3n) is 6.55. The Morgan fingerprint density at radius 3 is 2.70 bits per heavy atom. The van der Waals surface area contributed by atoms with Crippen molar-refractivity contribution in [2.24, 2.45) is 13.0 Å². The molecule has 3 aromatic rings. The van der Waals surface area contributed by atoms with Gasteiger partial charge >= 0.3 is 0 Å². The molecule has 2 aromatic carbocycles. The number of hydrogen-bond acceptors (Lipinski definition) is 7. The average Bonchev–Trinajstić information content (AvgIpc) is 3.61. The highest BCUT2D eigenvalue weighted by atomic mass is 16.7. The molecular weight excluding hydrogens is 472 g/mol. The van der Waals surface area contributed by atoms with Crippen LogP contribution in [0.2, 0.25) is 0 Å². The SMILES string of the molecule is Cn1nccc1-c1cc(NC(=O)C(Cc2ccccc2)C2=COCO2)ccc1OCCN1CCOCC1. The van der Waals surface area contributed by atoms with Gasteiger partial charge in [-0.2, -0.15) is 5.10 Å². The fourth-order valence-electron chi connectivity index (χ4n) is 4.52. The summed E-state index contributed by atoms with van der Waals surface area (Å²) in [4.78, 5) is 15.8. The van der Waals surface area contributed by atoms with Gasteiger partial charge in [0.25, 0.3) is 0 Å². The smallest absolute Gasteiger partial charge is 0.235 e. The van der Waals surface area contributed by atoms with Crippen LogP contribution in [0.1, 0.15) is 5.56 Å². The monoisotopic (exact) mass is 504 g/mol. The summed E-state index contributed by atoms with van der Waals surface area (Å²) >= 11 is 0. The van der Waals surface area contributed by atoms with E-state index < -0.39 is 5.92 Å². The molecule has 1 saturated heterocycles. The number of nitrogens with zero attached hydrogens (tertiary/aromatic N) is 3. The predicted molar refractivity (Wildman–Crippen MR) is 139 cm³/mol. The number of aromatic nitrogens is 2. The van der Waals surface area contributed by atoms with E-state index in [1.807, 2.05) is 61.6 Å². The molecule has 5 rings (SSSR count). The Kier molecular flexibility index (Phi) is 8.02. The van der Waals surface area contributed by atoms with Crippen molar-refractivity contribution < 1.29 is 23.7 Å². The molecule has 194 valence electrons. The van der Waals surface area contributed by atoms with Gasteiger partial charge in [0, 0.05) is 44.1 Å². The van der Waals surface area contributed by atoms with Crippen molar-refractivity contribution in [2.45, 2.75) is 6.42 Å². The highest BCUT2D eigenvalue weighted by molar-refractivity contribution is 5.95. The van der Waals surface area contributed by atoms with E-state index in [1.54, 1.807) is 10.9 Å². The van der Waals surface area contributed by atoms with Gasteiger partial charge in [-0.15, -0.1) is 0 Å². The van der Waals surface area contributed by atoms with Crippen LogP contribution in [-0.2, 0) is 32.5 Å². The van der Waals surface area contributed by atoms with Gasteiger partial charge in [0.1, 0.15) is 30.3 Å². The minimum absolute atomic E-state index is 0.120. The van der Waals surface area contributed by atoms with Crippen molar-refractivity contribution in [3.63, 3.8) is 0 Å². The quantitative estimate of drug-likeness (QED) is 0.453. The second-order valence-electron chi connectivity index (χ2n) is 9.03. The average molecular weight is 505 g/mol. The van der Waals surface area contributed by atoms with Gasteiger partial charge in [-0.3, -0.25) is 14.4 Å². The van der Waals surface area contributed by atoms with Crippen molar-refractivity contribution in [2.75, 3.05) is 51.6 Å². The Balaban J connectivity index is 1.33. The summed E-state index contributed by atoms with van der Waals surface area (Å²) in [6.07, 6.45) is 3.77. The van der Waals surface area contributed by atoms with Crippen molar-refractivity contribution in [3.05, 3.63) is 78.4 Å². The third kappa shape index (κ3) is 6.31. The maximum absolute atomic E-state index is 13.4. The fourth-order valence-corrected chi connectivity index (χ4v) is 4.52. The summed E-state index contributed by atoms with van der Waals surface area (Å²) < 4.78 is 24.3. The van der Waals surface area contributed by atoms with E-state index in [0.717, 1.165) is 55.4 Å². The summed E-state index contributed by atoms with van der Waals surface area (Å²) in [6.45, 7) is 4.85. The molecule has 1 amide bonds. The van der Waals surface area contributed by atoms with Gasteiger partial charge in [-0.25, -0.2) is 0 Å². The van der Waals surface area contributed by atoms with E-state index in [-0.39, 0.29) is 12.7 Å². The number of amides is 1. The summed E-state index contributed by atoms with van der Waals surface area (Å²) in [6, 6.07) is 17.5. The molecule has 0 aliphatic carbocycles. The molecular formula is C28H32N4O5. The normalized spacial score (nSPS) is 16.4. The molecule has 0 radical (unpaired) electrons. The summed E-state index contributed by atoms with van der Waals surface area (Å²) in [7, 11) is 1.89. The maximum atomic E-state index is 13.4. The molecule has 9 heteroatoms. The molecule has 1 fully saturated rings. The lowest BCUT2D eigenvalue weighted by molar-refractivity contribution is -0.119. The van der Waals surface area contributed by atoms with E-state index in [4.69, 9.17) is 18.9 Å². The van der Waals surface area contributed by atoms with Crippen molar-refractivity contribution in [1.29, 1.82) is 0 Å². The first-order valence-electron chi connectivity index (χ1n) is 12.5. The Morgan fingerprint density at radius 2 is 1.97 bits per heavy atom. The zero-order chi connectivity index (χ0) is 25.5. The van der Waals surface area contributed by atoms with Gasteiger partial charge in [0.05, 0.1) is 18.9 Å². The van der Waals surface area contributed by atoms with Gasteiger partial charge in [0.15, 0.2) is 0 Å². The molecule has 9 nitrogen and oxygen atoms in total. The topological polar surface area (TPSA) is 87.1 Å². The second kappa shape index (κ2) is 11.9. The number of hydrogen-bond donors (Lipinski definition) is 1. The number of aryl methyl sites for hydroxylation is 1. The first kappa shape index (κ1) is 24.9. The van der Waals surface area contributed by atoms with Gasteiger partial charge < -0.3 is 24.3 Å². The van der Waals surface area contributed by atoms with Crippen LogP contribution in [-0.4, -0.2) is 66.8 Å². The number of ether oxygens (including phenoxy) is 4. The minimum Gasteiger partial charge on any atom is -0.492 e. The fraction of sp³-hybridized carbons (Fsp3) is 0.357. The second-order valence-corrected chi connectivity index (χ2v) is 9.03. The Labute approximate surface area is 216 Å². The highest BCUT2D eigenvalue weighted by Gasteiger charge is 2.28. The van der Waals surface area contributed by atoms with Crippen LogP contribution in [0.3, 0.4) is 0 Å². The van der Waals surface area contributed by atoms with Gasteiger partial charge in [-0.05, 0) is 36.2 Å². The Bertz CT molecular complexity index is 1220. The summed E-state index contributed by atoms with van der Waals surface area (Å²) in [5.41, 5.74) is 3.46. The zero-order valence-electron chi connectivity index (χ0n) is 21.0. The van der Waals surface area contributed by atoms with E-state index in [0.29, 0.717) is 24.5 Å². The Morgan fingerprint density at radius 1 is 1.14 bits per heavy atom. The molecule has 2 aliphatic heterocycles. The number of carbonyl (C=O) groups excluding carboxylic acids is 1. The molecule has 0 spiro atoms. The van der Waals surface area contributed by atoms with Crippen LogP contribution in [0, 0.1) is 5.92 Å².